The van der Waals surface area contributed by atoms with Gasteiger partial charge in [-0.25, -0.2) is 9.97 Å². The van der Waals surface area contributed by atoms with Crippen LogP contribution in [0.3, 0.4) is 0 Å². The van der Waals surface area contributed by atoms with Gasteiger partial charge in [-0.15, -0.1) is 21.5 Å². The van der Waals surface area contributed by atoms with Crippen molar-refractivity contribution in [3.8, 4) is 22.4 Å². The predicted molar refractivity (Wildman–Crippen MR) is 125 cm³/mol. The summed E-state index contributed by atoms with van der Waals surface area (Å²) in [4.78, 5) is 12.5. The molecule has 5 rings (SSSR count). The minimum Gasteiger partial charge on any atom is -0.356 e. The van der Waals surface area contributed by atoms with Gasteiger partial charge in [0.2, 0.25) is 0 Å². The Morgan fingerprint density at radius 1 is 0.800 bits per heavy atom. The summed E-state index contributed by atoms with van der Waals surface area (Å²) in [7, 11) is 0. The molecule has 0 aliphatic rings. The van der Waals surface area contributed by atoms with Crippen molar-refractivity contribution in [2.24, 2.45) is 0 Å². The molecule has 5 aromatic rings. The molecule has 0 bridgehead atoms. The van der Waals surface area contributed by atoms with Gasteiger partial charge in [0.1, 0.15) is 22.7 Å². The van der Waals surface area contributed by atoms with Crippen LogP contribution in [-0.2, 0) is 0 Å². The van der Waals surface area contributed by atoms with Crippen molar-refractivity contribution in [3.05, 3.63) is 67.0 Å². The molecule has 0 radical (unpaired) electrons. The van der Waals surface area contributed by atoms with Crippen molar-refractivity contribution in [2.75, 3.05) is 18.0 Å². The molecule has 0 aliphatic heterocycles. The Balaban J connectivity index is 1.90. The molecule has 0 spiro atoms. The smallest absolute Gasteiger partial charge is 0.150 e. The number of aromatic nitrogens is 4. The fraction of sp³-hybridized carbons (Fsp3) is 0.167. The van der Waals surface area contributed by atoms with E-state index >= 15 is 0 Å². The lowest BCUT2D eigenvalue weighted by atomic mass is 9.97. The van der Waals surface area contributed by atoms with E-state index in [-0.39, 0.29) is 0 Å². The van der Waals surface area contributed by atoms with Crippen molar-refractivity contribution in [1.29, 1.82) is 0 Å². The zero-order valence-electron chi connectivity index (χ0n) is 16.9. The van der Waals surface area contributed by atoms with Gasteiger partial charge in [0, 0.05) is 29.6 Å². The van der Waals surface area contributed by atoms with Crippen LogP contribution in [0.15, 0.2) is 67.0 Å². The lowest BCUT2D eigenvalue weighted by Crippen LogP contribution is -2.23. The van der Waals surface area contributed by atoms with E-state index in [4.69, 9.17) is 4.98 Å². The molecule has 148 valence electrons. The van der Waals surface area contributed by atoms with Gasteiger partial charge >= 0.3 is 0 Å². The fourth-order valence-electron chi connectivity index (χ4n) is 3.88. The normalized spacial score (nSPS) is 11.3. The minimum atomic E-state index is 0.872. The summed E-state index contributed by atoms with van der Waals surface area (Å²) in [5.74, 6) is 0.966. The zero-order chi connectivity index (χ0) is 20.5. The fourth-order valence-corrected chi connectivity index (χ4v) is 4.98. The van der Waals surface area contributed by atoms with Crippen molar-refractivity contribution < 1.29 is 0 Å². The summed E-state index contributed by atoms with van der Waals surface area (Å²) in [6.07, 6.45) is 1.67. The van der Waals surface area contributed by atoms with Crippen LogP contribution in [0.4, 0.5) is 5.82 Å². The largest absolute Gasteiger partial charge is 0.356 e. The molecule has 0 atom stereocenters. The van der Waals surface area contributed by atoms with E-state index in [0.717, 1.165) is 61.7 Å². The highest BCUT2D eigenvalue weighted by Gasteiger charge is 2.22. The number of nitrogens with zero attached hydrogens (tertiary/aromatic N) is 5. The minimum absolute atomic E-state index is 0.872. The van der Waals surface area contributed by atoms with Crippen molar-refractivity contribution in [1.82, 2.24) is 20.2 Å². The highest BCUT2D eigenvalue weighted by molar-refractivity contribution is 7.26. The van der Waals surface area contributed by atoms with Gasteiger partial charge in [0.15, 0.2) is 0 Å². The van der Waals surface area contributed by atoms with Crippen LogP contribution in [0.2, 0.25) is 0 Å². The highest BCUT2D eigenvalue weighted by Crippen LogP contribution is 2.43. The quantitative estimate of drug-likeness (QED) is 0.365. The van der Waals surface area contributed by atoms with Gasteiger partial charge in [-0.3, -0.25) is 0 Å². The van der Waals surface area contributed by atoms with Gasteiger partial charge in [0.05, 0.1) is 10.2 Å². The summed E-state index contributed by atoms with van der Waals surface area (Å²) < 4.78 is 1.06. The van der Waals surface area contributed by atoms with Crippen LogP contribution < -0.4 is 4.90 Å². The van der Waals surface area contributed by atoms with E-state index in [1.807, 2.05) is 24.3 Å². The molecule has 0 fully saturated rings. The summed E-state index contributed by atoms with van der Waals surface area (Å²) in [5, 5.41) is 10.3. The Kier molecular flexibility index (Phi) is 4.85. The standard InChI is InChI=1S/C24H21N5S/c1-3-29(4-2)23-22-21(25-15-26-23)19-18(16-11-7-5-8-12-16)20(27-28-24(19)30-22)17-13-9-6-10-14-17/h5-15H,3-4H2,1-2H3. The van der Waals surface area contributed by atoms with Crippen LogP contribution in [0.1, 0.15) is 13.8 Å². The molecular weight excluding hydrogens is 390 g/mol. The Hall–Kier alpha value is -3.38. The number of hydrogen-bond acceptors (Lipinski definition) is 6. The first kappa shape index (κ1) is 18.6. The monoisotopic (exact) mass is 411 g/mol. The number of hydrogen-bond donors (Lipinski definition) is 0. The number of thiophene rings is 1. The first-order valence-electron chi connectivity index (χ1n) is 10.1. The van der Waals surface area contributed by atoms with Gasteiger partial charge in [0.25, 0.3) is 0 Å². The Bertz CT molecular complexity index is 1310. The average molecular weight is 412 g/mol. The van der Waals surface area contributed by atoms with Gasteiger partial charge in [-0.1, -0.05) is 60.7 Å². The van der Waals surface area contributed by atoms with Crippen LogP contribution in [0, 0.1) is 0 Å². The lowest BCUT2D eigenvalue weighted by Gasteiger charge is -2.19. The Morgan fingerprint density at radius 3 is 2.13 bits per heavy atom. The van der Waals surface area contributed by atoms with Crippen LogP contribution in [0.25, 0.3) is 42.8 Å². The highest BCUT2D eigenvalue weighted by atomic mass is 32.1. The Labute approximate surface area is 179 Å². The molecular formula is C24H21N5S. The van der Waals surface area contributed by atoms with Crippen molar-refractivity contribution in [2.45, 2.75) is 13.8 Å². The number of fused-ring (bicyclic) bond motifs is 3. The average Bonchev–Trinajstić information content (AvgIpc) is 3.20. The summed E-state index contributed by atoms with van der Waals surface area (Å²) in [6, 6.07) is 20.6. The summed E-state index contributed by atoms with van der Waals surface area (Å²) in [6.45, 7) is 6.08. The molecule has 0 N–H and O–H groups in total. The van der Waals surface area contributed by atoms with E-state index in [1.165, 1.54) is 0 Å². The van der Waals surface area contributed by atoms with E-state index in [9.17, 15) is 0 Å². The topological polar surface area (TPSA) is 54.8 Å². The molecule has 2 aromatic carbocycles. The van der Waals surface area contributed by atoms with Crippen LogP contribution in [0.5, 0.6) is 0 Å². The molecule has 5 nitrogen and oxygen atoms in total. The molecule has 6 heteroatoms. The maximum Gasteiger partial charge on any atom is 0.150 e. The lowest BCUT2D eigenvalue weighted by molar-refractivity contribution is 0.850. The number of anilines is 1. The first-order chi connectivity index (χ1) is 14.8. The Morgan fingerprint density at radius 2 is 1.47 bits per heavy atom. The predicted octanol–water partition coefficient (Wildman–Crippen LogP) is 5.81. The molecule has 0 amide bonds. The first-order valence-corrected chi connectivity index (χ1v) is 10.9. The second kappa shape index (κ2) is 7.80. The molecule has 3 heterocycles. The summed E-state index contributed by atoms with van der Waals surface area (Å²) in [5.41, 5.74) is 5.04. The SMILES string of the molecule is CCN(CC)c1ncnc2c1sc1nnc(-c3ccccc3)c(-c3ccccc3)c12. The molecule has 0 unspecified atom stereocenters. The third-order valence-electron chi connectivity index (χ3n) is 5.33. The van der Waals surface area contributed by atoms with E-state index in [2.05, 4.69) is 70.3 Å². The maximum absolute atomic E-state index is 4.71. The number of rotatable bonds is 5. The van der Waals surface area contributed by atoms with E-state index < -0.39 is 0 Å². The van der Waals surface area contributed by atoms with Gasteiger partial charge in [-0.2, -0.15) is 0 Å². The van der Waals surface area contributed by atoms with Gasteiger partial charge in [-0.05, 0) is 19.4 Å². The molecule has 3 aromatic heterocycles. The molecule has 0 saturated heterocycles. The molecule has 0 saturated carbocycles. The summed E-state index contributed by atoms with van der Waals surface area (Å²) >= 11 is 1.62. The molecule has 30 heavy (non-hydrogen) atoms. The number of benzene rings is 2. The van der Waals surface area contributed by atoms with Crippen LogP contribution >= 0.6 is 11.3 Å². The van der Waals surface area contributed by atoms with Crippen LogP contribution in [-0.4, -0.2) is 33.3 Å². The second-order valence-electron chi connectivity index (χ2n) is 6.99. The van der Waals surface area contributed by atoms with Crippen molar-refractivity contribution >= 4 is 37.6 Å². The molecule has 0 aliphatic carbocycles. The maximum atomic E-state index is 4.71. The van der Waals surface area contributed by atoms with Gasteiger partial charge < -0.3 is 4.90 Å². The van der Waals surface area contributed by atoms with E-state index in [0.29, 0.717) is 0 Å². The second-order valence-corrected chi connectivity index (χ2v) is 7.98. The third kappa shape index (κ3) is 3.00. The zero-order valence-corrected chi connectivity index (χ0v) is 17.7. The van der Waals surface area contributed by atoms with E-state index in [1.54, 1.807) is 17.7 Å². The third-order valence-corrected chi connectivity index (χ3v) is 6.39. The van der Waals surface area contributed by atoms with Crippen molar-refractivity contribution in [3.63, 3.8) is 0 Å².